The van der Waals surface area contributed by atoms with Gasteiger partial charge >= 0.3 is 0 Å². The quantitative estimate of drug-likeness (QED) is 0.838. The average Bonchev–Trinajstić information content (AvgIpc) is 3.04. The number of hydrogen-bond acceptors (Lipinski definition) is 3. The van der Waals surface area contributed by atoms with Gasteiger partial charge in [0, 0.05) is 36.9 Å². The molecule has 1 atom stereocenters. The second kappa shape index (κ2) is 7.26. The number of hydrogen-bond donors (Lipinski definition) is 0. The van der Waals surface area contributed by atoms with Crippen LogP contribution >= 0.6 is 0 Å². The molecule has 4 nitrogen and oxygen atoms in total. The summed E-state index contributed by atoms with van der Waals surface area (Å²) in [5.41, 5.74) is 3.41. The first-order valence-corrected chi connectivity index (χ1v) is 8.92. The van der Waals surface area contributed by atoms with Crippen molar-refractivity contribution in [2.45, 2.75) is 58.5 Å². The molecular formula is C19H28N4. The zero-order valence-electron chi connectivity index (χ0n) is 14.6. The van der Waals surface area contributed by atoms with Gasteiger partial charge in [-0.25, -0.2) is 0 Å². The van der Waals surface area contributed by atoms with Gasteiger partial charge in [-0.2, -0.15) is 5.10 Å². The van der Waals surface area contributed by atoms with Crippen LogP contribution in [0.25, 0.3) is 11.4 Å². The lowest BCUT2D eigenvalue weighted by Gasteiger charge is -2.35. The van der Waals surface area contributed by atoms with E-state index < -0.39 is 0 Å². The second-order valence-electron chi connectivity index (χ2n) is 6.82. The van der Waals surface area contributed by atoms with E-state index in [1.165, 1.54) is 25.1 Å². The van der Waals surface area contributed by atoms with Crippen molar-refractivity contribution >= 4 is 0 Å². The van der Waals surface area contributed by atoms with Crippen LogP contribution in [0.15, 0.2) is 30.5 Å². The summed E-state index contributed by atoms with van der Waals surface area (Å²) in [6, 6.07) is 9.14. The van der Waals surface area contributed by atoms with Gasteiger partial charge in [-0.05, 0) is 57.9 Å². The molecule has 0 aliphatic carbocycles. The van der Waals surface area contributed by atoms with Crippen LogP contribution in [0.4, 0.5) is 0 Å². The molecule has 124 valence electrons. The number of piperidine rings is 1. The Kier molecular flexibility index (Phi) is 5.11. The minimum Gasteiger partial charge on any atom is -0.300 e. The predicted octanol–water partition coefficient (Wildman–Crippen LogP) is 3.94. The monoisotopic (exact) mass is 312 g/mol. The highest BCUT2D eigenvalue weighted by molar-refractivity contribution is 5.54. The van der Waals surface area contributed by atoms with E-state index in [2.05, 4.69) is 59.7 Å². The summed E-state index contributed by atoms with van der Waals surface area (Å²) in [6.07, 6.45) is 5.47. The third-order valence-electron chi connectivity index (χ3n) is 4.79. The topological polar surface area (TPSA) is 34.0 Å². The molecule has 0 bridgehead atoms. The number of aryl methyl sites for hydroxylation is 1. The molecule has 2 aromatic heterocycles. The molecule has 0 radical (unpaired) electrons. The van der Waals surface area contributed by atoms with Gasteiger partial charge in [0.2, 0.25) is 0 Å². The maximum absolute atomic E-state index is 4.99. The summed E-state index contributed by atoms with van der Waals surface area (Å²) >= 11 is 0. The Labute approximate surface area is 139 Å². The maximum atomic E-state index is 4.99. The average molecular weight is 312 g/mol. The molecule has 4 heteroatoms. The standard InChI is InChI=1S/C19H28N4/c1-4-12-23-19(10-11-20-23)18-9-5-8-17(21-18)16-7-6-13-22(14-16)15(2)3/h5,8-11,15-16H,4,6-7,12-14H2,1-3H3/t16-/m0/s1. The Morgan fingerprint density at radius 1 is 1.26 bits per heavy atom. The largest absolute Gasteiger partial charge is 0.300 e. The molecule has 0 spiro atoms. The Hall–Kier alpha value is -1.68. The zero-order chi connectivity index (χ0) is 16.2. The minimum atomic E-state index is 0.550. The van der Waals surface area contributed by atoms with Crippen LogP contribution in [0, 0.1) is 0 Å². The Balaban J connectivity index is 1.83. The van der Waals surface area contributed by atoms with Crippen LogP contribution in [-0.2, 0) is 6.54 Å². The SMILES string of the molecule is CCCn1nccc1-c1cccc([C@H]2CCCN(C(C)C)C2)n1. The van der Waals surface area contributed by atoms with E-state index in [1.54, 1.807) is 0 Å². The van der Waals surface area contributed by atoms with E-state index in [0.717, 1.165) is 30.9 Å². The van der Waals surface area contributed by atoms with Gasteiger partial charge in [-0.1, -0.05) is 13.0 Å². The summed E-state index contributed by atoms with van der Waals surface area (Å²) in [7, 11) is 0. The predicted molar refractivity (Wildman–Crippen MR) is 94.4 cm³/mol. The van der Waals surface area contributed by atoms with Gasteiger partial charge in [0.25, 0.3) is 0 Å². The van der Waals surface area contributed by atoms with Gasteiger partial charge in [-0.15, -0.1) is 0 Å². The number of rotatable bonds is 5. The van der Waals surface area contributed by atoms with Crippen molar-refractivity contribution in [3.05, 3.63) is 36.2 Å². The molecule has 3 heterocycles. The maximum Gasteiger partial charge on any atom is 0.0886 e. The van der Waals surface area contributed by atoms with E-state index in [-0.39, 0.29) is 0 Å². The third kappa shape index (κ3) is 3.63. The summed E-state index contributed by atoms with van der Waals surface area (Å²) in [5, 5.41) is 4.43. The zero-order valence-corrected chi connectivity index (χ0v) is 14.6. The fourth-order valence-electron chi connectivity index (χ4n) is 3.48. The number of likely N-dealkylation sites (tertiary alicyclic amines) is 1. The molecule has 1 saturated heterocycles. The van der Waals surface area contributed by atoms with Crippen LogP contribution in [0.2, 0.25) is 0 Å². The molecule has 23 heavy (non-hydrogen) atoms. The number of nitrogens with zero attached hydrogens (tertiary/aromatic N) is 4. The minimum absolute atomic E-state index is 0.550. The van der Waals surface area contributed by atoms with E-state index in [4.69, 9.17) is 4.98 Å². The van der Waals surface area contributed by atoms with Gasteiger partial charge < -0.3 is 4.90 Å². The molecule has 0 amide bonds. The smallest absolute Gasteiger partial charge is 0.0886 e. The van der Waals surface area contributed by atoms with Crippen molar-refractivity contribution in [1.29, 1.82) is 0 Å². The van der Waals surface area contributed by atoms with Crippen LogP contribution < -0.4 is 0 Å². The molecule has 0 unspecified atom stereocenters. The summed E-state index contributed by atoms with van der Waals surface area (Å²) in [4.78, 5) is 7.56. The van der Waals surface area contributed by atoms with E-state index in [1.807, 2.05) is 6.20 Å². The molecular weight excluding hydrogens is 284 g/mol. The Morgan fingerprint density at radius 2 is 2.13 bits per heavy atom. The first-order valence-electron chi connectivity index (χ1n) is 8.92. The molecule has 3 rings (SSSR count). The first kappa shape index (κ1) is 16.2. The van der Waals surface area contributed by atoms with Crippen molar-refractivity contribution in [2.75, 3.05) is 13.1 Å². The highest BCUT2D eigenvalue weighted by Crippen LogP contribution is 2.28. The Bertz CT molecular complexity index is 632. The fraction of sp³-hybridized carbons (Fsp3) is 0.579. The summed E-state index contributed by atoms with van der Waals surface area (Å²) < 4.78 is 2.06. The lowest BCUT2D eigenvalue weighted by molar-refractivity contribution is 0.166. The van der Waals surface area contributed by atoms with Gasteiger partial charge in [0.1, 0.15) is 0 Å². The van der Waals surface area contributed by atoms with E-state index in [9.17, 15) is 0 Å². The molecule has 0 N–H and O–H groups in total. The molecule has 1 fully saturated rings. The van der Waals surface area contributed by atoms with Crippen molar-refractivity contribution < 1.29 is 0 Å². The summed E-state index contributed by atoms with van der Waals surface area (Å²) in [6.45, 7) is 10.0. The number of pyridine rings is 1. The normalized spacial score (nSPS) is 19.4. The lowest BCUT2D eigenvalue weighted by Crippen LogP contribution is -2.39. The number of aromatic nitrogens is 3. The van der Waals surface area contributed by atoms with Crippen molar-refractivity contribution in [3.63, 3.8) is 0 Å². The van der Waals surface area contributed by atoms with Crippen molar-refractivity contribution in [3.8, 4) is 11.4 Å². The van der Waals surface area contributed by atoms with Gasteiger partial charge in [0.05, 0.1) is 11.4 Å². The fourth-order valence-corrected chi connectivity index (χ4v) is 3.48. The van der Waals surface area contributed by atoms with Crippen LogP contribution in [0.5, 0.6) is 0 Å². The molecule has 2 aromatic rings. The van der Waals surface area contributed by atoms with E-state index >= 15 is 0 Å². The highest BCUT2D eigenvalue weighted by Gasteiger charge is 2.24. The van der Waals surface area contributed by atoms with Crippen LogP contribution in [-0.4, -0.2) is 38.8 Å². The molecule has 0 saturated carbocycles. The second-order valence-corrected chi connectivity index (χ2v) is 6.82. The Morgan fingerprint density at radius 3 is 2.91 bits per heavy atom. The molecule has 0 aromatic carbocycles. The first-order chi connectivity index (χ1) is 11.2. The van der Waals surface area contributed by atoms with Crippen molar-refractivity contribution in [2.24, 2.45) is 0 Å². The van der Waals surface area contributed by atoms with Crippen molar-refractivity contribution in [1.82, 2.24) is 19.7 Å². The lowest BCUT2D eigenvalue weighted by atomic mass is 9.93. The van der Waals surface area contributed by atoms with Gasteiger partial charge in [-0.3, -0.25) is 9.67 Å². The third-order valence-corrected chi connectivity index (χ3v) is 4.79. The molecule has 1 aliphatic rings. The molecule has 1 aliphatic heterocycles. The van der Waals surface area contributed by atoms with Gasteiger partial charge in [0.15, 0.2) is 0 Å². The van der Waals surface area contributed by atoms with E-state index in [0.29, 0.717) is 12.0 Å². The summed E-state index contributed by atoms with van der Waals surface area (Å²) in [5.74, 6) is 0.550. The van der Waals surface area contributed by atoms with Crippen LogP contribution in [0.1, 0.15) is 51.6 Å². The van der Waals surface area contributed by atoms with Crippen LogP contribution in [0.3, 0.4) is 0 Å². The highest BCUT2D eigenvalue weighted by atomic mass is 15.3.